The highest BCUT2D eigenvalue weighted by atomic mass is 16.2. The van der Waals surface area contributed by atoms with E-state index in [0.717, 1.165) is 31.0 Å². The van der Waals surface area contributed by atoms with Crippen molar-refractivity contribution in [2.45, 2.75) is 38.6 Å². The highest BCUT2D eigenvalue weighted by molar-refractivity contribution is 5.93. The molecule has 1 aromatic carbocycles. The zero-order valence-corrected chi connectivity index (χ0v) is 15.3. The van der Waals surface area contributed by atoms with Crippen molar-refractivity contribution in [2.24, 2.45) is 17.6 Å². The van der Waals surface area contributed by atoms with Gasteiger partial charge in [0, 0.05) is 24.2 Å². The number of carbonyl (C=O) groups is 2. The molecule has 2 aromatic rings. The quantitative estimate of drug-likeness (QED) is 0.879. The number of piperidine rings is 1. The summed E-state index contributed by atoms with van der Waals surface area (Å²) in [6.45, 7) is 1.79. The molecule has 8 heteroatoms. The Morgan fingerprint density at radius 3 is 2.56 bits per heavy atom. The van der Waals surface area contributed by atoms with E-state index in [1.807, 2.05) is 4.90 Å². The molecule has 142 valence electrons. The number of amides is 2. The van der Waals surface area contributed by atoms with Gasteiger partial charge in [-0.15, -0.1) is 10.2 Å². The summed E-state index contributed by atoms with van der Waals surface area (Å²) in [4.78, 5) is 27.1. The molecule has 27 heavy (non-hydrogen) atoms. The number of hydrogen-bond donors (Lipinski definition) is 1. The van der Waals surface area contributed by atoms with E-state index in [-0.39, 0.29) is 12.5 Å². The second-order valence-corrected chi connectivity index (χ2v) is 7.52. The van der Waals surface area contributed by atoms with Gasteiger partial charge in [-0.2, -0.15) is 4.80 Å². The number of primary amides is 1. The van der Waals surface area contributed by atoms with Crippen molar-refractivity contribution < 1.29 is 9.59 Å². The van der Waals surface area contributed by atoms with Gasteiger partial charge in [-0.3, -0.25) is 9.59 Å². The van der Waals surface area contributed by atoms with Gasteiger partial charge in [0.1, 0.15) is 6.54 Å². The van der Waals surface area contributed by atoms with Crippen LogP contribution in [0, 0.1) is 11.8 Å². The van der Waals surface area contributed by atoms with Crippen LogP contribution in [-0.2, 0) is 11.3 Å². The minimum atomic E-state index is -0.481. The molecule has 1 aliphatic carbocycles. The van der Waals surface area contributed by atoms with E-state index in [9.17, 15) is 9.59 Å². The van der Waals surface area contributed by atoms with Gasteiger partial charge in [-0.25, -0.2) is 0 Å². The van der Waals surface area contributed by atoms with Crippen LogP contribution >= 0.6 is 0 Å². The first kappa shape index (κ1) is 17.6. The fourth-order valence-electron chi connectivity index (χ4n) is 4.26. The lowest BCUT2D eigenvalue weighted by molar-refractivity contribution is -0.135. The van der Waals surface area contributed by atoms with Crippen LogP contribution in [0.4, 0.5) is 0 Å². The number of rotatable bonds is 4. The van der Waals surface area contributed by atoms with E-state index in [1.54, 1.807) is 24.3 Å². The lowest BCUT2D eigenvalue weighted by atomic mass is 9.75. The molecule has 2 aliphatic rings. The van der Waals surface area contributed by atoms with Gasteiger partial charge in [-0.05, 0) is 42.0 Å². The van der Waals surface area contributed by atoms with Crippen LogP contribution in [0.1, 0.15) is 42.5 Å². The molecule has 1 saturated carbocycles. The van der Waals surface area contributed by atoms with Crippen molar-refractivity contribution in [2.75, 3.05) is 13.1 Å². The number of nitrogens with two attached hydrogens (primary N) is 1. The number of hydrogen-bond acceptors (Lipinski definition) is 5. The molecule has 2 heterocycles. The number of tetrazole rings is 1. The van der Waals surface area contributed by atoms with Crippen LogP contribution in [0.5, 0.6) is 0 Å². The van der Waals surface area contributed by atoms with Crippen LogP contribution in [0.2, 0.25) is 0 Å². The summed E-state index contributed by atoms with van der Waals surface area (Å²) < 4.78 is 0. The molecular weight excluding hydrogens is 344 g/mol. The Morgan fingerprint density at radius 1 is 1.07 bits per heavy atom. The van der Waals surface area contributed by atoms with Crippen molar-refractivity contribution in [1.29, 1.82) is 0 Å². The standard InChI is InChI=1S/C19H24N6O2/c20-18(27)14-5-7-15(8-6-14)19-21-23-25(22-19)12-17(26)24-10-9-13-3-1-2-4-16(13)11-24/h5-8,13,16H,1-4,9-12H2,(H2,20,27)/t13-,16+/m1/s1. The number of nitrogens with zero attached hydrogens (tertiary/aromatic N) is 5. The van der Waals surface area contributed by atoms with Crippen LogP contribution in [0.25, 0.3) is 11.4 Å². The summed E-state index contributed by atoms with van der Waals surface area (Å²) in [6, 6.07) is 6.68. The molecule has 1 aromatic heterocycles. The largest absolute Gasteiger partial charge is 0.366 e. The molecule has 0 spiro atoms. The summed E-state index contributed by atoms with van der Waals surface area (Å²) in [5, 5.41) is 12.3. The van der Waals surface area contributed by atoms with Crippen molar-refractivity contribution in [3.8, 4) is 11.4 Å². The summed E-state index contributed by atoms with van der Waals surface area (Å²) in [5.41, 5.74) is 6.39. The number of benzene rings is 1. The van der Waals surface area contributed by atoms with E-state index in [1.165, 1.54) is 30.5 Å². The Morgan fingerprint density at radius 2 is 1.81 bits per heavy atom. The molecule has 1 aliphatic heterocycles. The summed E-state index contributed by atoms with van der Waals surface area (Å²) in [5.74, 6) is 1.43. The number of likely N-dealkylation sites (tertiary alicyclic amines) is 1. The maximum Gasteiger partial charge on any atom is 0.248 e. The highest BCUT2D eigenvalue weighted by Crippen LogP contribution is 2.36. The molecule has 0 unspecified atom stereocenters. The van der Waals surface area contributed by atoms with Gasteiger partial charge in [0.25, 0.3) is 0 Å². The predicted octanol–water partition coefficient (Wildman–Crippen LogP) is 1.48. The second-order valence-electron chi connectivity index (χ2n) is 7.52. The first-order chi connectivity index (χ1) is 13.1. The van der Waals surface area contributed by atoms with E-state index < -0.39 is 5.91 Å². The third kappa shape index (κ3) is 3.84. The molecule has 2 amide bonds. The molecular formula is C19H24N6O2. The Balaban J connectivity index is 1.38. The molecule has 2 fully saturated rings. The smallest absolute Gasteiger partial charge is 0.248 e. The minimum Gasteiger partial charge on any atom is -0.366 e. The van der Waals surface area contributed by atoms with Crippen LogP contribution < -0.4 is 5.73 Å². The lowest BCUT2D eigenvalue weighted by Gasteiger charge is -2.41. The molecule has 2 atom stereocenters. The Labute approximate surface area is 157 Å². The van der Waals surface area contributed by atoms with E-state index in [4.69, 9.17) is 5.73 Å². The zero-order chi connectivity index (χ0) is 18.8. The van der Waals surface area contributed by atoms with Gasteiger partial charge >= 0.3 is 0 Å². The van der Waals surface area contributed by atoms with Gasteiger partial charge in [0.2, 0.25) is 17.6 Å². The average molecular weight is 368 g/mol. The van der Waals surface area contributed by atoms with Crippen molar-refractivity contribution in [3.05, 3.63) is 29.8 Å². The Kier molecular flexibility index (Phi) is 4.87. The first-order valence-corrected chi connectivity index (χ1v) is 9.56. The van der Waals surface area contributed by atoms with E-state index in [0.29, 0.717) is 17.3 Å². The van der Waals surface area contributed by atoms with Gasteiger partial charge < -0.3 is 10.6 Å². The summed E-state index contributed by atoms with van der Waals surface area (Å²) in [7, 11) is 0. The molecule has 1 saturated heterocycles. The number of aromatic nitrogens is 4. The molecule has 4 rings (SSSR count). The van der Waals surface area contributed by atoms with Gasteiger partial charge in [-0.1, -0.05) is 31.4 Å². The van der Waals surface area contributed by atoms with Crippen LogP contribution in [0.3, 0.4) is 0 Å². The lowest BCUT2D eigenvalue weighted by Crippen LogP contribution is -2.46. The SMILES string of the molecule is NC(=O)c1ccc(-c2nnn(CC(=O)N3CC[C@H]4CCCC[C@H]4C3)n2)cc1. The minimum absolute atomic E-state index is 0.0482. The number of carbonyl (C=O) groups excluding carboxylic acids is 2. The topological polar surface area (TPSA) is 107 Å². The monoisotopic (exact) mass is 368 g/mol. The Bertz CT molecular complexity index is 831. The predicted molar refractivity (Wildman–Crippen MR) is 98.4 cm³/mol. The molecule has 0 radical (unpaired) electrons. The average Bonchev–Trinajstić information content (AvgIpc) is 3.16. The highest BCUT2D eigenvalue weighted by Gasteiger charge is 2.33. The molecule has 0 bridgehead atoms. The zero-order valence-electron chi connectivity index (χ0n) is 15.3. The van der Waals surface area contributed by atoms with Crippen LogP contribution in [-0.4, -0.2) is 50.0 Å². The van der Waals surface area contributed by atoms with Crippen molar-refractivity contribution in [1.82, 2.24) is 25.1 Å². The molecule has 8 nitrogen and oxygen atoms in total. The van der Waals surface area contributed by atoms with Crippen molar-refractivity contribution in [3.63, 3.8) is 0 Å². The molecule has 2 N–H and O–H groups in total. The third-order valence-corrected chi connectivity index (χ3v) is 5.80. The van der Waals surface area contributed by atoms with E-state index >= 15 is 0 Å². The maximum atomic E-state index is 12.7. The van der Waals surface area contributed by atoms with Crippen molar-refractivity contribution >= 4 is 11.8 Å². The number of fused-ring (bicyclic) bond motifs is 1. The Hall–Kier alpha value is -2.77. The summed E-state index contributed by atoms with van der Waals surface area (Å²) >= 11 is 0. The van der Waals surface area contributed by atoms with Gasteiger partial charge in [0.15, 0.2) is 0 Å². The normalized spacial score (nSPS) is 22.3. The summed E-state index contributed by atoms with van der Waals surface area (Å²) in [6.07, 6.45) is 6.28. The maximum absolute atomic E-state index is 12.7. The fourth-order valence-corrected chi connectivity index (χ4v) is 4.26. The van der Waals surface area contributed by atoms with E-state index in [2.05, 4.69) is 15.4 Å². The third-order valence-electron chi connectivity index (χ3n) is 5.80. The fraction of sp³-hybridized carbons (Fsp3) is 0.526. The second kappa shape index (κ2) is 7.46. The van der Waals surface area contributed by atoms with Crippen LogP contribution in [0.15, 0.2) is 24.3 Å². The first-order valence-electron chi connectivity index (χ1n) is 9.56. The van der Waals surface area contributed by atoms with Gasteiger partial charge in [0.05, 0.1) is 0 Å².